The van der Waals surface area contributed by atoms with Crippen LogP contribution >= 0.6 is 11.6 Å². The van der Waals surface area contributed by atoms with E-state index < -0.39 is 41.5 Å². The molecule has 1 saturated heterocycles. The number of piperidine rings is 1. The number of ether oxygens (including phenoxy) is 2. The van der Waals surface area contributed by atoms with Crippen molar-refractivity contribution in [2.24, 2.45) is 0 Å². The number of likely N-dealkylation sites (tertiary alicyclic amines) is 1. The fourth-order valence-corrected chi connectivity index (χ4v) is 5.50. The Morgan fingerprint density at radius 2 is 1.86 bits per heavy atom. The zero-order valence-corrected chi connectivity index (χ0v) is 23.4. The molecule has 4 amide bonds. The normalized spacial score (nSPS) is 18.3. The van der Waals surface area contributed by atoms with Gasteiger partial charge in [-0.25, -0.2) is 14.0 Å². The molecule has 2 aliphatic rings. The number of fused-ring (bicyclic) bond motifs is 2. The molecule has 3 aromatic carbocycles. The third-order valence-corrected chi connectivity index (χ3v) is 7.60. The van der Waals surface area contributed by atoms with Gasteiger partial charge >= 0.3 is 12.2 Å². The Balaban J connectivity index is 1.40. The molecule has 42 heavy (non-hydrogen) atoms. The van der Waals surface area contributed by atoms with E-state index in [9.17, 15) is 19.2 Å². The molecule has 3 aromatic rings. The van der Waals surface area contributed by atoms with E-state index in [1.54, 1.807) is 0 Å². The van der Waals surface area contributed by atoms with Gasteiger partial charge in [0.05, 0.1) is 29.9 Å². The summed E-state index contributed by atoms with van der Waals surface area (Å²) in [5, 5.41) is 7.73. The van der Waals surface area contributed by atoms with Crippen molar-refractivity contribution in [3.05, 3.63) is 94.3 Å². The number of rotatable bonds is 6. The van der Waals surface area contributed by atoms with Crippen molar-refractivity contribution in [2.75, 3.05) is 30.8 Å². The lowest BCUT2D eigenvalue weighted by Gasteiger charge is -2.45. The first kappa shape index (κ1) is 28.9. The van der Waals surface area contributed by atoms with Crippen LogP contribution < -0.4 is 16.0 Å². The molecule has 218 valence electrons. The smallest absolute Gasteiger partial charge is 0.412 e. The highest BCUT2D eigenvalue weighted by Gasteiger charge is 2.49. The number of carbonyl (C=O) groups is 4. The van der Waals surface area contributed by atoms with Gasteiger partial charge in [0.15, 0.2) is 11.4 Å². The van der Waals surface area contributed by atoms with Crippen LogP contribution in [0, 0.1) is 5.82 Å². The summed E-state index contributed by atoms with van der Waals surface area (Å²) < 4.78 is 25.6. The number of carbonyl (C=O) groups excluding carboxylic acids is 4. The highest BCUT2D eigenvalue weighted by molar-refractivity contribution is 6.31. The maximum Gasteiger partial charge on any atom is 0.412 e. The summed E-state index contributed by atoms with van der Waals surface area (Å²) in [5.74, 6) is -1.63. The summed E-state index contributed by atoms with van der Waals surface area (Å²) in [6, 6.07) is 17.2. The molecule has 0 aromatic heterocycles. The second kappa shape index (κ2) is 12.1. The van der Waals surface area contributed by atoms with Crippen molar-refractivity contribution in [1.82, 2.24) is 10.2 Å². The van der Waals surface area contributed by atoms with Crippen molar-refractivity contribution >= 4 is 47.0 Å². The number of halogens is 2. The van der Waals surface area contributed by atoms with Crippen LogP contribution in [0.2, 0.25) is 5.02 Å². The van der Waals surface area contributed by atoms with E-state index in [0.717, 1.165) is 5.56 Å². The Labute approximate surface area is 246 Å². The van der Waals surface area contributed by atoms with Gasteiger partial charge in [0.2, 0.25) is 5.91 Å². The van der Waals surface area contributed by atoms with Crippen molar-refractivity contribution in [3.63, 3.8) is 0 Å². The molecule has 2 atom stereocenters. The first-order chi connectivity index (χ1) is 20.2. The van der Waals surface area contributed by atoms with Gasteiger partial charge in [-0.2, -0.15) is 0 Å². The molecular formula is C30H28ClFN4O6. The van der Waals surface area contributed by atoms with E-state index in [1.165, 1.54) is 48.4 Å². The van der Waals surface area contributed by atoms with E-state index in [0.29, 0.717) is 18.7 Å². The third kappa shape index (κ3) is 6.01. The second-order valence-corrected chi connectivity index (χ2v) is 10.5. The minimum Gasteiger partial charge on any atom is -0.453 e. The lowest BCUT2D eigenvalue weighted by molar-refractivity contribution is -0.141. The molecule has 12 heteroatoms. The van der Waals surface area contributed by atoms with Gasteiger partial charge in [-0.05, 0) is 54.8 Å². The van der Waals surface area contributed by atoms with Gasteiger partial charge in [-0.15, -0.1) is 0 Å². The van der Waals surface area contributed by atoms with Crippen molar-refractivity contribution < 1.29 is 33.0 Å². The molecule has 0 bridgehead atoms. The SMILES string of the molecule is COC(=O)Nc1ccc(C(=O)N[C@@H](Cc2ccccc2)C(=O)N2CCCC3(C2)OC(=O)Nc2ccc(Cl)c(F)c23)cc1. The molecule has 1 fully saturated rings. The fourth-order valence-electron chi connectivity index (χ4n) is 5.35. The average Bonchev–Trinajstić information content (AvgIpc) is 2.99. The molecule has 3 N–H and O–H groups in total. The van der Waals surface area contributed by atoms with E-state index in [4.69, 9.17) is 16.3 Å². The first-order valence-corrected chi connectivity index (χ1v) is 13.6. The Bertz CT molecular complexity index is 1520. The number of hydrogen-bond acceptors (Lipinski definition) is 6. The number of anilines is 2. The topological polar surface area (TPSA) is 126 Å². The Morgan fingerprint density at radius 1 is 1.12 bits per heavy atom. The van der Waals surface area contributed by atoms with Gasteiger partial charge in [-0.1, -0.05) is 41.9 Å². The number of amides is 4. The monoisotopic (exact) mass is 594 g/mol. The lowest BCUT2D eigenvalue weighted by Crippen LogP contribution is -2.57. The maximum atomic E-state index is 15.3. The highest BCUT2D eigenvalue weighted by Crippen LogP contribution is 2.45. The Kier molecular flexibility index (Phi) is 8.30. The zero-order valence-electron chi connectivity index (χ0n) is 22.6. The van der Waals surface area contributed by atoms with Crippen LogP contribution in [-0.2, 0) is 26.3 Å². The van der Waals surface area contributed by atoms with E-state index in [-0.39, 0.29) is 41.2 Å². The van der Waals surface area contributed by atoms with Crippen LogP contribution in [-0.4, -0.2) is 55.1 Å². The molecule has 1 spiro atoms. The molecule has 2 aliphatic heterocycles. The Morgan fingerprint density at radius 3 is 2.57 bits per heavy atom. The second-order valence-electron chi connectivity index (χ2n) is 10.1. The molecule has 2 heterocycles. The van der Waals surface area contributed by atoms with Gasteiger partial charge in [0.25, 0.3) is 5.91 Å². The van der Waals surface area contributed by atoms with Gasteiger partial charge in [0.1, 0.15) is 6.04 Å². The molecular weight excluding hydrogens is 567 g/mol. The number of nitrogens with zero attached hydrogens (tertiary/aromatic N) is 1. The van der Waals surface area contributed by atoms with Gasteiger partial charge < -0.3 is 19.7 Å². The predicted molar refractivity (Wildman–Crippen MR) is 153 cm³/mol. The molecule has 1 unspecified atom stereocenters. The molecule has 10 nitrogen and oxygen atoms in total. The molecule has 0 aliphatic carbocycles. The van der Waals surface area contributed by atoms with E-state index in [2.05, 4.69) is 20.7 Å². The average molecular weight is 595 g/mol. The van der Waals surface area contributed by atoms with Crippen molar-refractivity contribution in [2.45, 2.75) is 30.9 Å². The maximum absolute atomic E-state index is 15.3. The summed E-state index contributed by atoms with van der Waals surface area (Å²) in [6.45, 7) is 0.205. The highest BCUT2D eigenvalue weighted by atomic mass is 35.5. The molecule has 0 radical (unpaired) electrons. The van der Waals surface area contributed by atoms with Gasteiger partial charge in [-0.3, -0.25) is 20.2 Å². The number of methoxy groups -OCH3 is 1. The van der Waals surface area contributed by atoms with Crippen LogP contribution in [0.4, 0.5) is 25.4 Å². The number of benzene rings is 3. The Hall–Kier alpha value is -4.64. The van der Waals surface area contributed by atoms with Crippen LogP contribution in [0.3, 0.4) is 0 Å². The van der Waals surface area contributed by atoms with Crippen molar-refractivity contribution in [3.8, 4) is 0 Å². The van der Waals surface area contributed by atoms with Gasteiger partial charge in [0, 0.05) is 24.2 Å². The summed E-state index contributed by atoms with van der Waals surface area (Å²) in [5.41, 5.74) is 0.405. The minimum atomic E-state index is -1.44. The summed E-state index contributed by atoms with van der Waals surface area (Å²) in [6.07, 6.45) is -0.502. The number of nitrogens with one attached hydrogen (secondary N) is 3. The van der Waals surface area contributed by atoms with E-state index >= 15 is 4.39 Å². The largest absolute Gasteiger partial charge is 0.453 e. The van der Waals surface area contributed by atoms with E-state index in [1.807, 2.05) is 30.3 Å². The molecule has 0 saturated carbocycles. The van der Waals surface area contributed by atoms with Crippen LogP contribution in [0.1, 0.15) is 34.3 Å². The zero-order chi connectivity index (χ0) is 29.9. The lowest BCUT2D eigenvalue weighted by atomic mass is 9.82. The third-order valence-electron chi connectivity index (χ3n) is 7.31. The number of hydrogen-bond donors (Lipinski definition) is 3. The van der Waals surface area contributed by atoms with Crippen LogP contribution in [0.5, 0.6) is 0 Å². The summed E-state index contributed by atoms with van der Waals surface area (Å²) >= 11 is 6.08. The van der Waals surface area contributed by atoms with Crippen LogP contribution in [0.15, 0.2) is 66.7 Å². The van der Waals surface area contributed by atoms with Crippen LogP contribution in [0.25, 0.3) is 0 Å². The van der Waals surface area contributed by atoms with Crippen molar-refractivity contribution in [1.29, 1.82) is 0 Å². The summed E-state index contributed by atoms with van der Waals surface area (Å²) in [4.78, 5) is 52.7. The quantitative estimate of drug-likeness (QED) is 0.365. The minimum absolute atomic E-state index is 0.0939. The first-order valence-electron chi connectivity index (χ1n) is 13.3. The standard InChI is InChI=1S/C30H28ClFN4O6/c1-41-28(39)33-20-10-8-19(9-11-20)26(37)34-23(16-18-6-3-2-4-7-18)27(38)36-15-5-14-30(17-36)24-22(35-29(40)42-30)13-12-21(31)25(24)32/h2-4,6-13,23H,5,14-17H2,1H3,(H,33,39)(H,34,37)(H,35,40)/t23-,30?/m0/s1. The molecule has 5 rings (SSSR count). The fraction of sp³-hybridized carbons (Fsp3) is 0.267. The predicted octanol–water partition coefficient (Wildman–Crippen LogP) is 5.08. The summed E-state index contributed by atoms with van der Waals surface area (Å²) in [7, 11) is 1.24.